The number of halogens is 1. The largest absolute Gasteiger partial charge is 0.506 e. The van der Waals surface area contributed by atoms with Crippen LogP contribution in [0.15, 0.2) is 60.0 Å². The third kappa shape index (κ3) is 4.70. The predicted molar refractivity (Wildman–Crippen MR) is 109 cm³/mol. The van der Waals surface area contributed by atoms with Crippen molar-refractivity contribution in [1.29, 1.82) is 5.26 Å². The molecule has 2 aromatic carbocycles. The number of nitriles is 1. The lowest BCUT2D eigenvalue weighted by molar-refractivity contribution is 0.514. The number of thiazole rings is 1. The SMILES string of the molecule is CNC.N#CC(=C(O)c1ccccc1Cl)c1nc(-c2ccccc2)cs1. The van der Waals surface area contributed by atoms with E-state index in [1.807, 2.05) is 55.9 Å². The Balaban J connectivity index is 0.000000758. The molecule has 0 radical (unpaired) electrons. The van der Waals surface area contributed by atoms with Crippen LogP contribution in [-0.4, -0.2) is 24.2 Å². The number of rotatable bonds is 3. The van der Waals surface area contributed by atoms with Gasteiger partial charge in [-0.25, -0.2) is 4.98 Å². The molecule has 3 rings (SSSR count). The Hall–Kier alpha value is -2.65. The predicted octanol–water partition coefficient (Wildman–Crippen LogP) is 5.25. The molecule has 0 spiro atoms. The van der Waals surface area contributed by atoms with E-state index < -0.39 is 0 Å². The fourth-order valence-electron chi connectivity index (χ4n) is 2.12. The maximum atomic E-state index is 10.4. The van der Waals surface area contributed by atoms with Crippen molar-refractivity contribution in [3.05, 3.63) is 75.6 Å². The molecule has 0 saturated carbocycles. The molecule has 4 nitrogen and oxygen atoms in total. The number of aliphatic hydroxyl groups is 1. The highest BCUT2D eigenvalue weighted by Gasteiger charge is 2.16. The molecule has 1 heterocycles. The normalized spacial score (nSPS) is 11.0. The maximum Gasteiger partial charge on any atom is 0.145 e. The summed E-state index contributed by atoms with van der Waals surface area (Å²) in [4.78, 5) is 4.46. The van der Waals surface area contributed by atoms with E-state index in [-0.39, 0.29) is 11.3 Å². The zero-order valence-electron chi connectivity index (χ0n) is 14.4. The second-order valence-corrected chi connectivity index (χ2v) is 6.48. The van der Waals surface area contributed by atoms with Crippen LogP contribution in [0.4, 0.5) is 0 Å². The lowest BCUT2D eigenvalue weighted by atomic mass is 10.1. The summed E-state index contributed by atoms with van der Waals surface area (Å²) in [5.74, 6) is -0.160. The molecule has 0 aliphatic carbocycles. The Bertz CT molecular complexity index is 929. The first-order valence-electron chi connectivity index (χ1n) is 7.80. The van der Waals surface area contributed by atoms with Crippen LogP contribution in [0.1, 0.15) is 10.6 Å². The zero-order chi connectivity index (χ0) is 18.9. The van der Waals surface area contributed by atoms with Crippen LogP contribution in [0.5, 0.6) is 0 Å². The quantitative estimate of drug-likeness (QED) is 0.478. The fourth-order valence-corrected chi connectivity index (χ4v) is 3.17. The lowest BCUT2D eigenvalue weighted by Crippen LogP contribution is -1.91. The van der Waals surface area contributed by atoms with E-state index in [0.29, 0.717) is 15.6 Å². The van der Waals surface area contributed by atoms with E-state index in [1.54, 1.807) is 24.3 Å². The third-order valence-corrected chi connectivity index (χ3v) is 4.45. The van der Waals surface area contributed by atoms with Gasteiger partial charge in [-0.2, -0.15) is 5.26 Å². The Kier molecular flexibility index (Phi) is 7.37. The van der Waals surface area contributed by atoms with Crippen LogP contribution < -0.4 is 5.32 Å². The van der Waals surface area contributed by atoms with Crippen LogP contribution in [0, 0.1) is 11.3 Å². The van der Waals surface area contributed by atoms with E-state index in [4.69, 9.17) is 11.6 Å². The van der Waals surface area contributed by atoms with Gasteiger partial charge in [-0.3, -0.25) is 0 Å². The zero-order valence-corrected chi connectivity index (χ0v) is 16.0. The topological polar surface area (TPSA) is 68.9 Å². The number of hydrogen-bond donors (Lipinski definition) is 2. The van der Waals surface area contributed by atoms with Gasteiger partial charge in [0.05, 0.1) is 10.7 Å². The van der Waals surface area contributed by atoms with E-state index >= 15 is 0 Å². The number of nitrogens with one attached hydrogen (secondary N) is 1. The van der Waals surface area contributed by atoms with Crippen molar-refractivity contribution in [3.8, 4) is 17.3 Å². The average molecular weight is 384 g/mol. The molecule has 2 N–H and O–H groups in total. The van der Waals surface area contributed by atoms with Crippen molar-refractivity contribution < 1.29 is 5.11 Å². The third-order valence-electron chi connectivity index (χ3n) is 3.27. The molecule has 1 aromatic heterocycles. The van der Waals surface area contributed by atoms with Gasteiger partial charge in [0.25, 0.3) is 0 Å². The van der Waals surface area contributed by atoms with Crippen molar-refractivity contribution >= 4 is 34.3 Å². The molecule has 26 heavy (non-hydrogen) atoms. The first kappa shape index (κ1) is 19.7. The van der Waals surface area contributed by atoms with E-state index in [0.717, 1.165) is 11.3 Å². The molecule has 6 heteroatoms. The second-order valence-electron chi connectivity index (χ2n) is 5.22. The van der Waals surface area contributed by atoms with Gasteiger partial charge in [-0.1, -0.05) is 54.1 Å². The van der Waals surface area contributed by atoms with E-state index in [2.05, 4.69) is 10.3 Å². The van der Waals surface area contributed by atoms with Crippen LogP contribution >= 0.6 is 22.9 Å². The number of nitrogens with zero attached hydrogens (tertiary/aromatic N) is 2. The fraction of sp³-hybridized carbons (Fsp3) is 0.100. The van der Waals surface area contributed by atoms with Gasteiger partial charge in [-0.15, -0.1) is 11.3 Å². The van der Waals surface area contributed by atoms with Crippen molar-refractivity contribution in [1.82, 2.24) is 10.3 Å². The van der Waals surface area contributed by atoms with Crippen LogP contribution in [0.25, 0.3) is 22.6 Å². The summed E-state index contributed by atoms with van der Waals surface area (Å²) in [5.41, 5.74) is 2.27. The molecule has 0 atom stereocenters. The summed E-state index contributed by atoms with van der Waals surface area (Å²) in [6.45, 7) is 0. The number of hydrogen-bond acceptors (Lipinski definition) is 5. The minimum absolute atomic E-state index is 0.116. The Morgan fingerprint density at radius 1 is 1.12 bits per heavy atom. The Morgan fingerprint density at radius 2 is 1.73 bits per heavy atom. The van der Waals surface area contributed by atoms with Crippen molar-refractivity contribution in [2.75, 3.05) is 14.1 Å². The minimum Gasteiger partial charge on any atom is -0.506 e. The summed E-state index contributed by atoms with van der Waals surface area (Å²) < 4.78 is 0. The van der Waals surface area contributed by atoms with Gasteiger partial charge in [0.1, 0.15) is 22.4 Å². The summed E-state index contributed by atoms with van der Waals surface area (Å²) in [6, 6.07) is 18.6. The average Bonchev–Trinajstić information content (AvgIpc) is 3.14. The maximum absolute atomic E-state index is 10.4. The summed E-state index contributed by atoms with van der Waals surface area (Å²) in [6.07, 6.45) is 0. The molecule has 0 bridgehead atoms. The van der Waals surface area contributed by atoms with Gasteiger partial charge < -0.3 is 10.4 Å². The Labute approximate surface area is 162 Å². The van der Waals surface area contributed by atoms with Crippen LogP contribution in [0.2, 0.25) is 5.02 Å². The van der Waals surface area contributed by atoms with Gasteiger partial charge >= 0.3 is 0 Å². The number of aromatic nitrogens is 1. The number of aliphatic hydroxyl groups excluding tert-OH is 1. The molecular formula is C20H18ClN3OS. The van der Waals surface area contributed by atoms with Crippen molar-refractivity contribution in [2.24, 2.45) is 0 Å². The highest BCUT2D eigenvalue weighted by molar-refractivity contribution is 7.11. The molecule has 0 aliphatic rings. The van der Waals surface area contributed by atoms with Crippen molar-refractivity contribution in [2.45, 2.75) is 0 Å². The van der Waals surface area contributed by atoms with Gasteiger partial charge in [-0.05, 0) is 26.2 Å². The highest BCUT2D eigenvalue weighted by atomic mass is 35.5. The lowest BCUT2D eigenvalue weighted by Gasteiger charge is -2.04. The molecule has 0 saturated heterocycles. The van der Waals surface area contributed by atoms with Crippen molar-refractivity contribution in [3.63, 3.8) is 0 Å². The second kappa shape index (κ2) is 9.73. The van der Waals surface area contributed by atoms with Crippen LogP contribution in [0.3, 0.4) is 0 Å². The van der Waals surface area contributed by atoms with Gasteiger partial charge in [0.15, 0.2) is 0 Å². The summed E-state index contributed by atoms with van der Waals surface area (Å²) >= 11 is 7.40. The summed E-state index contributed by atoms with van der Waals surface area (Å²) in [5, 5.41) is 25.3. The molecule has 0 aliphatic heterocycles. The number of benzene rings is 2. The highest BCUT2D eigenvalue weighted by Crippen LogP contribution is 2.32. The Morgan fingerprint density at radius 3 is 2.35 bits per heavy atom. The summed E-state index contributed by atoms with van der Waals surface area (Å²) in [7, 11) is 3.75. The van der Waals surface area contributed by atoms with Crippen LogP contribution in [-0.2, 0) is 0 Å². The first-order valence-corrected chi connectivity index (χ1v) is 9.06. The molecule has 0 amide bonds. The molecule has 0 unspecified atom stereocenters. The minimum atomic E-state index is -0.160. The number of allylic oxidation sites excluding steroid dienone is 1. The van der Waals surface area contributed by atoms with E-state index in [1.165, 1.54) is 11.3 Å². The molecule has 132 valence electrons. The standard InChI is InChI=1S/C18H11ClN2OS.C2H7N/c19-15-9-5-4-8-13(15)17(22)14(10-20)18-21-16(11-23-18)12-6-2-1-3-7-12;1-3-2/h1-9,11,22H;3H,1-2H3. The molecule has 3 aromatic rings. The van der Waals surface area contributed by atoms with Gasteiger partial charge in [0.2, 0.25) is 0 Å². The monoisotopic (exact) mass is 383 g/mol. The molecule has 0 fully saturated rings. The molecular weight excluding hydrogens is 366 g/mol. The smallest absolute Gasteiger partial charge is 0.145 e. The first-order chi connectivity index (χ1) is 12.6. The van der Waals surface area contributed by atoms with Gasteiger partial charge in [0, 0.05) is 16.5 Å². The van der Waals surface area contributed by atoms with E-state index in [9.17, 15) is 10.4 Å².